The van der Waals surface area contributed by atoms with Crippen LogP contribution in [-0.2, 0) is 92.7 Å². The van der Waals surface area contributed by atoms with E-state index in [4.69, 9.17) is 10.8 Å². The maximum atomic E-state index is 14.4. The second kappa shape index (κ2) is 46.1. The zero-order valence-corrected chi connectivity index (χ0v) is 61.2. The molecule has 2 aromatic rings. The molecule has 0 spiro atoms. The van der Waals surface area contributed by atoms with Crippen molar-refractivity contribution in [3.63, 3.8) is 0 Å². The third-order valence-corrected chi connectivity index (χ3v) is 16.5. The van der Waals surface area contributed by atoms with Crippen LogP contribution in [0.3, 0.4) is 0 Å². The molecular weight excluding hydrogens is 1410 g/mol. The number of aliphatic carboxylic acids is 5. The maximum absolute atomic E-state index is 14.4. The molecule has 0 radical (unpaired) electrons. The van der Waals surface area contributed by atoms with E-state index in [1.807, 2.05) is 0 Å². The van der Waals surface area contributed by atoms with Gasteiger partial charge in [-0.2, -0.15) is 0 Å². The summed E-state index contributed by atoms with van der Waals surface area (Å²) >= 11 is 0. The van der Waals surface area contributed by atoms with Gasteiger partial charge < -0.3 is 117 Å². The molecular formula is C67H106N16O24+2. The zero-order chi connectivity index (χ0) is 81.1. The number of aliphatic hydroxyl groups excluding tert-OH is 1. The first-order valence-corrected chi connectivity index (χ1v) is 34.9. The first kappa shape index (κ1) is 92.2. The molecule has 27 N–H and O–H groups in total. The van der Waals surface area contributed by atoms with E-state index in [0.717, 1.165) is 0 Å². The highest BCUT2D eigenvalue weighted by Gasteiger charge is 2.38. The minimum absolute atomic E-state index is 0.0954. The lowest BCUT2D eigenvalue weighted by Gasteiger charge is -2.28. The fourth-order valence-corrected chi connectivity index (χ4v) is 10.6. The van der Waals surface area contributed by atoms with Gasteiger partial charge in [-0.05, 0) is 101 Å². The van der Waals surface area contributed by atoms with Crippen LogP contribution in [0.1, 0.15) is 151 Å². The molecule has 0 saturated carbocycles. The number of quaternary nitrogens is 2. The molecule has 2 rings (SSSR count). The molecule has 0 fully saturated rings. The molecule has 596 valence electrons. The zero-order valence-electron chi connectivity index (χ0n) is 61.2. The molecule has 107 heavy (non-hydrogen) atoms. The quantitative estimate of drug-likeness (QED) is 0.0274. The number of hydrogen-bond acceptors (Lipinski definition) is 19. The van der Waals surface area contributed by atoms with E-state index >= 15 is 0 Å². The summed E-state index contributed by atoms with van der Waals surface area (Å²) in [4.78, 5) is 241. The number of amides is 13. The van der Waals surface area contributed by atoms with E-state index < -0.39 is 255 Å². The number of H-pyrrole nitrogens is 1. The highest BCUT2D eigenvalue weighted by molar-refractivity contribution is 6.00. The van der Waals surface area contributed by atoms with E-state index in [1.54, 1.807) is 58.2 Å². The van der Waals surface area contributed by atoms with Gasteiger partial charge in [0.25, 0.3) is 5.91 Å². The van der Waals surface area contributed by atoms with E-state index in [-0.39, 0.29) is 43.9 Å². The third-order valence-electron chi connectivity index (χ3n) is 16.5. The lowest BCUT2D eigenvalue weighted by Crippen LogP contribution is -2.69. The third kappa shape index (κ3) is 33.8. The van der Waals surface area contributed by atoms with Gasteiger partial charge in [0.15, 0.2) is 6.04 Å². The highest BCUT2D eigenvalue weighted by Crippen LogP contribution is 2.21. The van der Waals surface area contributed by atoms with Gasteiger partial charge in [-0.15, -0.1) is 0 Å². The predicted molar refractivity (Wildman–Crippen MR) is 375 cm³/mol. The van der Waals surface area contributed by atoms with Gasteiger partial charge in [-0.1, -0.05) is 59.7 Å². The largest absolute Gasteiger partial charge is 0.481 e. The van der Waals surface area contributed by atoms with Gasteiger partial charge in [-0.3, -0.25) is 81.5 Å². The van der Waals surface area contributed by atoms with Crippen LogP contribution >= 0.6 is 0 Å². The summed E-state index contributed by atoms with van der Waals surface area (Å²) in [7, 11) is 0. The van der Waals surface area contributed by atoms with Crippen molar-refractivity contribution >= 4 is 118 Å². The Balaban J connectivity index is 2.46. The maximum Gasteiger partial charge on any atom is 0.328 e. The Hall–Kier alpha value is -10.9. The summed E-state index contributed by atoms with van der Waals surface area (Å²) < 4.78 is 0. The molecule has 40 nitrogen and oxygen atoms in total. The number of nitrogens with two attached hydrogens (primary N) is 1. The predicted octanol–water partition coefficient (Wildman–Crippen LogP) is -6.25. The summed E-state index contributed by atoms with van der Waals surface area (Å²) in [5.74, 6) is -22.1. The van der Waals surface area contributed by atoms with Crippen LogP contribution in [0.2, 0.25) is 0 Å². The average molecular weight is 1520 g/mol. The number of unbranched alkanes of at least 4 members (excludes halogenated alkanes) is 1. The first-order valence-electron chi connectivity index (χ1n) is 34.9. The van der Waals surface area contributed by atoms with Crippen LogP contribution in [0.5, 0.6) is 0 Å². The Labute approximate surface area is 615 Å². The molecule has 0 aliphatic carbocycles. The summed E-state index contributed by atoms with van der Waals surface area (Å²) in [6, 6.07) is -13.7. The van der Waals surface area contributed by atoms with E-state index in [1.165, 1.54) is 27.7 Å². The fourth-order valence-electron chi connectivity index (χ4n) is 10.6. The first-order chi connectivity index (χ1) is 50.1. The van der Waals surface area contributed by atoms with Crippen molar-refractivity contribution in [1.29, 1.82) is 0 Å². The molecule has 1 aromatic heterocycles. The monoisotopic (exact) mass is 1520 g/mol. The van der Waals surface area contributed by atoms with E-state index in [9.17, 15) is 112 Å². The smallest absolute Gasteiger partial charge is 0.328 e. The number of carboxylic acid groups (broad SMARTS) is 5. The van der Waals surface area contributed by atoms with Crippen LogP contribution in [0.15, 0.2) is 30.5 Å². The van der Waals surface area contributed by atoms with Crippen LogP contribution < -0.4 is 81.0 Å². The number of aromatic nitrogens is 1. The number of carbonyl (C=O) groups is 18. The van der Waals surface area contributed by atoms with Gasteiger partial charge in [-0.25, -0.2) is 4.79 Å². The van der Waals surface area contributed by atoms with Gasteiger partial charge >= 0.3 is 29.8 Å². The van der Waals surface area contributed by atoms with Gasteiger partial charge in [0.1, 0.15) is 78.9 Å². The second-order valence-electron chi connectivity index (χ2n) is 27.0. The normalized spacial score (nSPS) is 14.9. The van der Waals surface area contributed by atoms with Crippen molar-refractivity contribution in [3.8, 4) is 0 Å². The molecule has 0 aliphatic heterocycles. The average Bonchev–Trinajstić information content (AvgIpc) is 1.69. The van der Waals surface area contributed by atoms with Crippen molar-refractivity contribution in [2.24, 2.45) is 23.5 Å². The molecule has 0 saturated heterocycles. The van der Waals surface area contributed by atoms with Crippen molar-refractivity contribution in [2.75, 3.05) is 13.2 Å². The SMILES string of the molecule is CC(C)C[C@H](NC(=O)[C@H](C)NC(=O)[C@H](CCC(=O)O)NC(=O)[C@H](CCC(=O)O)NC(=O)[C@@H]([NH3+])CC(=O)O)C(=O)N[C@@H](CCCC[NH3+])C(=O)N[C@@H](CCC(N)=O)C(=O)N[C@@H](CC(C)C)C(=O)N[C@@H](C)C(=O)N[C@@H](CCC(=O)O)C(=O)N[C@@H](Cc1c[nH]c2ccccc12)C(=O)N[C@H](C(=O)N[C@@H](CO)C(=O)O)C(C)C. The summed E-state index contributed by atoms with van der Waals surface area (Å²) in [6.07, 6.45) is -4.03. The van der Waals surface area contributed by atoms with Crippen LogP contribution in [0.4, 0.5) is 0 Å². The fraction of sp³-hybridized carbons (Fsp3) is 0.612. The number of primary amides is 1. The number of carboxylic acids is 5. The number of para-hydroxylation sites is 1. The summed E-state index contributed by atoms with van der Waals surface area (Å²) in [5, 5.41) is 86.2. The topological polar surface area (TPSA) is 670 Å². The second-order valence-corrected chi connectivity index (χ2v) is 27.0. The number of aromatic amines is 1. The van der Waals surface area contributed by atoms with E-state index in [2.05, 4.69) is 80.3 Å². The Kier molecular flexibility index (Phi) is 39.7. The van der Waals surface area contributed by atoms with Crippen molar-refractivity contribution in [1.82, 2.24) is 68.8 Å². The lowest BCUT2D eigenvalue weighted by molar-refractivity contribution is -0.403. The molecule has 0 unspecified atom stereocenters. The van der Waals surface area contributed by atoms with Gasteiger partial charge in [0, 0.05) is 49.2 Å². The van der Waals surface area contributed by atoms with E-state index in [0.29, 0.717) is 29.4 Å². The number of rotatable bonds is 51. The number of benzene rings is 1. The molecule has 0 bridgehead atoms. The molecule has 40 heteroatoms. The Morgan fingerprint density at radius 2 is 0.785 bits per heavy atom. The Morgan fingerprint density at radius 1 is 0.421 bits per heavy atom. The lowest BCUT2D eigenvalue weighted by atomic mass is 10.00. The Bertz CT molecular complexity index is 3470. The van der Waals surface area contributed by atoms with Crippen LogP contribution in [0.25, 0.3) is 10.9 Å². The van der Waals surface area contributed by atoms with Crippen molar-refractivity contribution in [2.45, 2.75) is 230 Å². The summed E-state index contributed by atoms with van der Waals surface area (Å²) in [5.41, 5.74) is 13.8. The molecule has 13 amide bonds. The summed E-state index contributed by atoms with van der Waals surface area (Å²) in [6.45, 7) is 11.5. The number of nitrogens with one attached hydrogen (secondary N) is 13. The van der Waals surface area contributed by atoms with Crippen LogP contribution in [0, 0.1) is 17.8 Å². The minimum atomic E-state index is -1.75. The molecule has 0 aliphatic rings. The number of hydrogen-bond donors (Lipinski definition) is 22. The van der Waals surface area contributed by atoms with Gasteiger partial charge in [0.05, 0.1) is 13.2 Å². The molecule has 1 aromatic carbocycles. The Morgan fingerprint density at radius 3 is 1.20 bits per heavy atom. The highest BCUT2D eigenvalue weighted by atomic mass is 16.4. The van der Waals surface area contributed by atoms with Crippen LogP contribution in [-0.4, -0.2) is 234 Å². The standard InChI is InChI=1S/C67H104N16O24/c1-31(2)25-45(63(102)73-34(7)55(94)74-43(18-22-51(88)89)62(101)81-47(27-36-29-71-39-14-10-9-13-37(36)39)65(104)83-54(33(5)6)66(105)82-48(30-84)67(106)107)80-61(100)41(16-20-49(70)85)77-59(98)40(15-11-12-24-68)76-64(103)46(26-32(3)4)79-56(95)35(8)72-58(97)42(17-21-50(86)87)78-60(99)44(19-23-52(90)91)75-57(96)38(69)28-53(92)93/h9-10,13-14,29,31-35,38,40-48,54,71,84H,11-12,15-28,30,68-69H2,1-8H3,(H2,70,85)(H,72,97)(H,73,102)(H,74,94)(H,75,96)(H,76,103)(H,77,98)(H,78,99)(H,79,95)(H,80,100)(H,81,101)(H,82,105)(H,83,104)(H,86,87)(H,88,89)(H,90,91)(H,92,93)(H,106,107)/p+2/t34-,35-,38-,40-,41-,42-,43-,44-,45-,46-,47-,48-,54-/m0/s1. The molecule has 1 heterocycles. The van der Waals surface area contributed by atoms with Crippen molar-refractivity contribution in [3.05, 3.63) is 36.0 Å². The minimum Gasteiger partial charge on any atom is -0.481 e. The number of carbonyl (C=O) groups excluding carboxylic acids is 13. The number of aliphatic hydroxyl groups is 1. The molecule has 13 atom stereocenters. The number of fused-ring (bicyclic) bond motifs is 1. The van der Waals surface area contributed by atoms with Crippen molar-refractivity contribution < 1.29 is 128 Å². The van der Waals surface area contributed by atoms with Gasteiger partial charge in [0.2, 0.25) is 70.9 Å².